The lowest BCUT2D eigenvalue weighted by Crippen LogP contribution is -2.35. The second-order valence-corrected chi connectivity index (χ2v) is 8.83. The van der Waals surface area contributed by atoms with Gasteiger partial charge in [-0.3, -0.25) is 9.32 Å². The number of phosphoric ester groups is 1. The maximum atomic E-state index is 11.7. The van der Waals surface area contributed by atoms with Crippen molar-refractivity contribution in [2.75, 3.05) is 6.61 Å². The first-order valence-electron chi connectivity index (χ1n) is 11.0. The third kappa shape index (κ3) is 21.6. The minimum Gasteiger partial charge on any atom is -0.351 e. The quantitative estimate of drug-likeness (QED) is 0.143. The molecule has 0 aliphatic rings. The summed E-state index contributed by atoms with van der Waals surface area (Å²) in [5.41, 5.74) is 0. The molecule has 7 heteroatoms. The van der Waals surface area contributed by atoms with Gasteiger partial charge in [0.2, 0.25) is 5.91 Å². The Bertz CT molecular complexity index is 450. The van der Waals surface area contributed by atoms with E-state index in [0.29, 0.717) is 6.42 Å². The van der Waals surface area contributed by atoms with Crippen LogP contribution in [0.25, 0.3) is 0 Å². The minimum atomic E-state index is -4.47. The molecule has 6 nitrogen and oxygen atoms in total. The predicted octanol–water partition coefficient (Wildman–Crippen LogP) is 5.64. The van der Waals surface area contributed by atoms with E-state index >= 15 is 0 Å². The van der Waals surface area contributed by atoms with Gasteiger partial charge in [-0.1, -0.05) is 70.4 Å². The van der Waals surface area contributed by atoms with Gasteiger partial charge < -0.3 is 15.1 Å². The fraction of sp³-hybridized carbons (Fsp3) is 0.857. The van der Waals surface area contributed by atoms with Crippen LogP contribution in [0.2, 0.25) is 0 Å². The second kappa shape index (κ2) is 18.4. The molecule has 0 heterocycles. The summed E-state index contributed by atoms with van der Waals surface area (Å²) in [6.07, 6.45) is 20.9. The number of carbonyl (C=O) groups excluding carboxylic acids is 1. The number of amides is 1. The molecule has 0 aliphatic heterocycles. The van der Waals surface area contributed by atoms with Crippen molar-refractivity contribution in [2.24, 2.45) is 0 Å². The van der Waals surface area contributed by atoms with E-state index in [1.165, 1.54) is 57.8 Å². The molecular weight excluding hydrogens is 377 g/mol. The Morgan fingerprint density at radius 1 is 0.929 bits per heavy atom. The van der Waals surface area contributed by atoms with Crippen molar-refractivity contribution in [1.29, 1.82) is 0 Å². The summed E-state index contributed by atoms with van der Waals surface area (Å²) in [6, 6.07) is -0.414. The molecule has 0 rings (SSSR count). The van der Waals surface area contributed by atoms with E-state index in [-0.39, 0.29) is 12.5 Å². The Morgan fingerprint density at radius 2 is 1.43 bits per heavy atom. The van der Waals surface area contributed by atoms with Crippen LogP contribution in [0.4, 0.5) is 0 Å². The maximum Gasteiger partial charge on any atom is 0.469 e. The molecule has 1 amide bonds. The summed E-state index contributed by atoms with van der Waals surface area (Å²) in [4.78, 5) is 29.0. The molecule has 0 fully saturated rings. The SMILES string of the molecule is CCCCCCCCC=CCCCCCCCC(=O)N[C@@H](C)COP(=O)(O)O. The summed E-state index contributed by atoms with van der Waals surface area (Å²) >= 11 is 0. The number of carbonyl (C=O) groups is 1. The van der Waals surface area contributed by atoms with Crippen molar-refractivity contribution < 1.29 is 23.7 Å². The molecule has 0 spiro atoms. The highest BCUT2D eigenvalue weighted by Gasteiger charge is 2.16. The number of unbranched alkanes of at least 4 members (excludes halogenated alkanes) is 11. The van der Waals surface area contributed by atoms with Gasteiger partial charge in [-0.15, -0.1) is 0 Å². The van der Waals surface area contributed by atoms with E-state index < -0.39 is 13.9 Å². The first-order chi connectivity index (χ1) is 13.3. The number of hydrogen-bond donors (Lipinski definition) is 3. The molecule has 0 saturated carbocycles. The lowest BCUT2D eigenvalue weighted by atomic mass is 10.1. The fourth-order valence-corrected chi connectivity index (χ4v) is 3.37. The Kier molecular flexibility index (Phi) is 17.9. The van der Waals surface area contributed by atoms with Gasteiger partial charge in [0.25, 0.3) is 0 Å². The summed E-state index contributed by atoms with van der Waals surface area (Å²) in [5, 5.41) is 2.69. The van der Waals surface area contributed by atoms with Gasteiger partial charge in [-0.25, -0.2) is 4.57 Å². The van der Waals surface area contributed by atoms with E-state index in [9.17, 15) is 9.36 Å². The molecule has 0 radical (unpaired) electrons. The normalized spacial score (nSPS) is 13.1. The molecule has 0 aliphatic carbocycles. The third-order valence-electron chi connectivity index (χ3n) is 4.57. The van der Waals surface area contributed by atoms with E-state index in [1.807, 2.05) is 0 Å². The molecule has 0 saturated heterocycles. The standard InChI is InChI=1S/C21H42NO5P/c1-3-4-5-6-7-8-9-10-11-12-13-14-15-16-17-18-21(23)22-20(2)19-27-28(24,25)26/h10-11,20H,3-9,12-19H2,1-2H3,(H,22,23)(H2,24,25,26)/t20-/m0/s1. The summed E-state index contributed by atoms with van der Waals surface area (Å²) < 4.78 is 15.0. The van der Waals surface area contributed by atoms with Crippen molar-refractivity contribution in [3.8, 4) is 0 Å². The highest BCUT2D eigenvalue weighted by Crippen LogP contribution is 2.35. The molecule has 3 N–H and O–H groups in total. The average molecular weight is 420 g/mol. The third-order valence-corrected chi connectivity index (χ3v) is 5.05. The number of rotatable bonds is 19. The summed E-state index contributed by atoms with van der Waals surface area (Å²) in [5.74, 6) is -0.0977. The Hall–Kier alpha value is -0.680. The molecule has 0 bridgehead atoms. The van der Waals surface area contributed by atoms with Crippen molar-refractivity contribution in [3.63, 3.8) is 0 Å². The molecule has 0 unspecified atom stereocenters. The molecule has 1 atom stereocenters. The topological polar surface area (TPSA) is 95.9 Å². The second-order valence-electron chi connectivity index (χ2n) is 7.59. The molecule has 0 aromatic rings. The van der Waals surface area contributed by atoms with Crippen LogP contribution in [0, 0.1) is 0 Å². The van der Waals surface area contributed by atoms with Crippen molar-refractivity contribution in [3.05, 3.63) is 12.2 Å². The highest BCUT2D eigenvalue weighted by atomic mass is 31.2. The Morgan fingerprint density at radius 3 is 1.96 bits per heavy atom. The number of allylic oxidation sites excluding steroid dienone is 2. The summed E-state index contributed by atoms with van der Waals surface area (Å²) in [6.45, 7) is 3.72. The average Bonchev–Trinajstić information content (AvgIpc) is 2.62. The monoisotopic (exact) mass is 419 g/mol. The highest BCUT2D eigenvalue weighted by molar-refractivity contribution is 7.46. The number of hydrogen-bond acceptors (Lipinski definition) is 3. The van der Waals surface area contributed by atoms with Gasteiger partial charge in [0.1, 0.15) is 0 Å². The number of phosphoric acid groups is 1. The smallest absolute Gasteiger partial charge is 0.351 e. The predicted molar refractivity (Wildman–Crippen MR) is 115 cm³/mol. The molecule has 0 aromatic carbocycles. The van der Waals surface area contributed by atoms with E-state index in [2.05, 4.69) is 28.9 Å². The van der Waals surface area contributed by atoms with E-state index in [4.69, 9.17) is 9.79 Å². The molecular formula is C21H42NO5P. The van der Waals surface area contributed by atoms with Crippen molar-refractivity contribution >= 4 is 13.7 Å². The van der Waals surface area contributed by atoms with Gasteiger partial charge in [0.05, 0.1) is 6.61 Å². The van der Waals surface area contributed by atoms with Crippen LogP contribution in [-0.2, 0) is 13.9 Å². The maximum absolute atomic E-state index is 11.7. The van der Waals surface area contributed by atoms with E-state index in [1.54, 1.807) is 6.92 Å². The van der Waals surface area contributed by atoms with Crippen LogP contribution in [0.5, 0.6) is 0 Å². The van der Waals surface area contributed by atoms with Crippen LogP contribution in [0.15, 0.2) is 12.2 Å². The van der Waals surface area contributed by atoms with Gasteiger partial charge in [0.15, 0.2) is 0 Å². The van der Waals surface area contributed by atoms with E-state index in [0.717, 1.165) is 25.7 Å². The first kappa shape index (κ1) is 27.3. The van der Waals surface area contributed by atoms with Gasteiger partial charge in [-0.05, 0) is 39.0 Å². The van der Waals surface area contributed by atoms with Crippen LogP contribution < -0.4 is 5.32 Å². The summed E-state index contributed by atoms with van der Waals surface area (Å²) in [7, 11) is -4.47. The molecule has 28 heavy (non-hydrogen) atoms. The van der Waals surface area contributed by atoms with Crippen LogP contribution in [0.3, 0.4) is 0 Å². The largest absolute Gasteiger partial charge is 0.469 e. The fourth-order valence-electron chi connectivity index (χ4n) is 2.95. The van der Waals surface area contributed by atoms with Crippen molar-refractivity contribution in [1.82, 2.24) is 5.32 Å². The van der Waals surface area contributed by atoms with Crippen LogP contribution in [0.1, 0.15) is 104 Å². The molecule has 166 valence electrons. The zero-order valence-electron chi connectivity index (χ0n) is 17.9. The lowest BCUT2D eigenvalue weighted by molar-refractivity contribution is -0.122. The Balaban J connectivity index is 3.39. The van der Waals surface area contributed by atoms with Gasteiger partial charge >= 0.3 is 7.82 Å². The van der Waals surface area contributed by atoms with Gasteiger partial charge in [0, 0.05) is 12.5 Å². The number of nitrogens with one attached hydrogen (secondary N) is 1. The van der Waals surface area contributed by atoms with Crippen LogP contribution in [-0.4, -0.2) is 28.3 Å². The lowest BCUT2D eigenvalue weighted by Gasteiger charge is -2.14. The Labute approximate surface area is 171 Å². The zero-order valence-corrected chi connectivity index (χ0v) is 18.8. The first-order valence-corrected chi connectivity index (χ1v) is 12.5. The van der Waals surface area contributed by atoms with Crippen molar-refractivity contribution in [2.45, 2.75) is 110 Å². The zero-order chi connectivity index (χ0) is 21.1. The van der Waals surface area contributed by atoms with Crippen LogP contribution >= 0.6 is 7.82 Å². The molecule has 0 aromatic heterocycles. The minimum absolute atomic E-state index is 0.0977. The van der Waals surface area contributed by atoms with Gasteiger partial charge in [-0.2, -0.15) is 0 Å².